The van der Waals surface area contributed by atoms with E-state index in [1.165, 1.54) is 12.4 Å². The normalized spacial score (nSPS) is 11.7. The number of nitrogens with zero attached hydrogens (tertiary/aromatic N) is 4. The van der Waals surface area contributed by atoms with Crippen molar-refractivity contribution in [2.45, 2.75) is 33.0 Å². The predicted octanol–water partition coefficient (Wildman–Crippen LogP) is 3.23. The quantitative estimate of drug-likeness (QED) is 0.441. The van der Waals surface area contributed by atoms with Gasteiger partial charge in [-0.15, -0.1) is 0 Å². The number of ether oxygens (including phenoxy) is 3. The number of hydrogen-bond acceptors (Lipinski definition) is 7. The Kier molecular flexibility index (Phi) is 7.66. The first-order valence-electron chi connectivity index (χ1n) is 9.79. The molecule has 1 unspecified atom stereocenters. The highest BCUT2D eigenvalue weighted by atomic mass is 35.5. The van der Waals surface area contributed by atoms with E-state index in [1.807, 2.05) is 13.8 Å². The molecule has 0 saturated heterocycles. The minimum Gasteiger partial charge on any atom is -0.490 e. The van der Waals surface area contributed by atoms with Crippen LogP contribution in [0.1, 0.15) is 34.6 Å². The Hall–Kier alpha value is -3.33. The molecule has 0 N–H and O–H groups in total. The number of aromatic nitrogens is 4. The van der Waals surface area contributed by atoms with Gasteiger partial charge in [0.1, 0.15) is 19.0 Å². The molecule has 0 radical (unpaired) electrons. The number of esters is 2. The van der Waals surface area contributed by atoms with E-state index in [9.17, 15) is 9.59 Å². The summed E-state index contributed by atoms with van der Waals surface area (Å²) < 4.78 is 19.7. The zero-order chi connectivity index (χ0) is 22.2. The van der Waals surface area contributed by atoms with E-state index in [-0.39, 0.29) is 13.2 Å². The first kappa shape index (κ1) is 22.4. The minimum atomic E-state index is -0.835. The van der Waals surface area contributed by atoms with Crippen LogP contribution in [-0.4, -0.2) is 50.8 Å². The van der Waals surface area contributed by atoms with Gasteiger partial charge in [0.2, 0.25) is 0 Å². The van der Waals surface area contributed by atoms with E-state index in [2.05, 4.69) is 10.2 Å². The summed E-state index contributed by atoms with van der Waals surface area (Å²) in [6.45, 7) is 4.87. The van der Waals surface area contributed by atoms with Gasteiger partial charge in [0, 0.05) is 30.5 Å². The highest BCUT2D eigenvalue weighted by Gasteiger charge is 2.21. The van der Waals surface area contributed by atoms with Crippen LogP contribution < -0.4 is 4.74 Å². The average Bonchev–Trinajstić information content (AvgIpc) is 3.46. The second kappa shape index (κ2) is 10.6. The van der Waals surface area contributed by atoms with Gasteiger partial charge in [0.25, 0.3) is 0 Å². The monoisotopic (exact) mass is 446 g/mol. The number of aryl methyl sites for hydroxylation is 2. The zero-order valence-corrected chi connectivity index (χ0v) is 18.0. The van der Waals surface area contributed by atoms with Gasteiger partial charge in [-0.05, 0) is 38.1 Å². The Morgan fingerprint density at radius 1 is 0.935 bits per heavy atom. The van der Waals surface area contributed by atoms with Gasteiger partial charge >= 0.3 is 11.9 Å². The van der Waals surface area contributed by atoms with Gasteiger partial charge < -0.3 is 14.2 Å². The predicted molar refractivity (Wildman–Crippen MR) is 112 cm³/mol. The van der Waals surface area contributed by atoms with Gasteiger partial charge in [-0.25, -0.2) is 9.59 Å². The summed E-state index contributed by atoms with van der Waals surface area (Å²) in [4.78, 5) is 24.8. The van der Waals surface area contributed by atoms with E-state index in [1.54, 1.807) is 46.0 Å². The molecule has 0 fully saturated rings. The Labute approximate surface area is 184 Å². The fourth-order valence-electron chi connectivity index (χ4n) is 2.59. The van der Waals surface area contributed by atoms with Crippen molar-refractivity contribution in [1.82, 2.24) is 19.6 Å². The molecule has 2 heterocycles. The second-order valence-electron chi connectivity index (χ2n) is 6.56. The number of rotatable bonds is 10. The fraction of sp³-hybridized carbons (Fsp3) is 0.333. The first-order chi connectivity index (χ1) is 15.0. The van der Waals surface area contributed by atoms with Gasteiger partial charge in [0.15, 0.2) is 6.10 Å². The number of hydrogen-bond donors (Lipinski definition) is 0. The third-order valence-corrected chi connectivity index (χ3v) is 4.56. The van der Waals surface area contributed by atoms with Crippen LogP contribution in [0.15, 0.2) is 49.1 Å². The van der Waals surface area contributed by atoms with Crippen LogP contribution in [0.5, 0.6) is 5.75 Å². The van der Waals surface area contributed by atoms with Crippen molar-refractivity contribution in [1.29, 1.82) is 0 Å². The van der Waals surface area contributed by atoms with Crippen molar-refractivity contribution in [3.8, 4) is 5.75 Å². The molecule has 3 rings (SSSR count). The summed E-state index contributed by atoms with van der Waals surface area (Å²) in [5.41, 5.74) is 0.614. The summed E-state index contributed by atoms with van der Waals surface area (Å²) >= 11 is 5.88. The second-order valence-corrected chi connectivity index (χ2v) is 7.00. The summed E-state index contributed by atoms with van der Waals surface area (Å²) in [5.74, 6) is -0.606. The van der Waals surface area contributed by atoms with Crippen LogP contribution in [0, 0.1) is 0 Å². The maximum atomic E-state index is 12.5. The maximum Gasteiger partial charge on any atom is 0.341 e. The standard InChI is InChI=1S/C21H23ClN4O5/c1-3-25-11-15(9-23-25)20(27)30-14-19(13-29-18-7-5-17(22)6-8-18)31-21(28)16-10-24-26(4-2)12-16/h5-12,19H,3-4,13-14H2,1-2H3. The van der Waals surface area contributed by atoms with Crippen molar-refractivity contribution in [3.05, 3.63) is 65.2 Å². The third-order valence-electron chi connectivity index (χ3n) is 4.31. The zero-order valence-electron chi connectivity index (χ0n) is 17.2. The molecule has 0 aliphatic carbocycles. The Balaban J connectivity index is 1.64. The molecule has 10 heteroatoms. The summed E-state index contributed by atoms with van der Waals surface area (Å²) in [6.07, 6.45) is 5.19. The highest BCUT2D eigenvalue weighted by Crippen LogP contribution is 2.16. The molecule has 0 aliphatic rings. The van der Waals surface area contributed by atoms with Crippen molar-refractivity contribution in [2.75, 3.05) is 13.2 Å². The molecular weight excluding hydrogens is 424 g/mol. The molecule has 0 spiro atoms. The topological polar surface area (TPSA) is 97.5 Å². The average molecular weight is 447 g/mol. The van der Waals surface area contributed by atoms with Crippen LogP contribution in [0.3, 0.4) is 0 Å². The molecule has 0 bridgehead atoms. The molecule has 0 amide bonds. The lowest BCUT2D eigenvalue weighted by Gasteiger charge is -2.18. The van der Waals surface area contributed by atoms with Gasteiger partial charge in [-0.1, -0.05) is 11.6 Å². The van der Waals surface area contributed by atoms with Crippen molar-refractivity contribution in [2.24, 2.45) is 0 Å². The molecule has 0 saturated carbocycles. The molecule has 1 atom stereocenters. The van der Waals surface area contributed by atoms with Crippen molar-refractivity contribution in [3.63, 3.8) is 0 Å². The molecule has 2 aromatic heterocycles. The Morgan fingerprint density at radius 2 is 1.52 bits per heavy atom. The first-order valence-corrected chi connectivity index (χ1v) is 10.2. The lowest BCUT2D eigenvalue weighted by Crippen LogP contribution is -2.31. The van der Waals surface area contributed by atoms with Gasteiger partial charge in [0.05, 0.1) is 23.5 Å². The van der Waals surface area contributed by atoms with Crippen LogP contribution in [0.25, 0.3) is 0 Å². The summed E-state index contributed by atoms with van der Waals surface area (Å²) in [6, 6.07) is 6.75. The molecule has 9 nitrogen and oxygen atoms in total. The van der Waals surface area contributed by atoms with Crippen LogP contribution in [-0.2, 0) is 22.6 Å². The largest absolute Gasteiger partial charge is 0.490 e. The molecule has 31 heavy (non-hydrogen) atoms. The number of halogens is 1. The third kappa shape index (κ3) is 6.32. The lowest BCUT2D eigenvalue weighted by atomic mass is 10.3. The van der Waals surface area contributed by atoms with E-state index in [0.29, 0.717) is 35.0 Å². The minimum absolute atomic E-state index is 0.0171. The van der Waals surface area contributed by atoms with E-state index in [4.69, 9.17) is 25.8 Å². The number of benzene rings is 1. The Morgan fingerprint density at radius 3 is 2.06 bits per heavy atom. The highest BCUT2D eigenvalue weighted by molar-refractivity contribution is 6.30. The Bertz CT molecular complexity index is 1010. The van der Waals surface area contributed by atoms with Crippen molar-refractivity contribution < 1.29 is 23.8 Å². The molecule has 164 valence electrons. The van der Waals surface area contributed by atoms with E-state index in [0.717, 1.165) is 0 Å². The SMILES string of the molecule is CCn1cc(C(=O)OCC(COc2ccc(Cl)cc2)OC(=O)c2cnn(CC)c2)cn1. The summed E-state index contributed by atoms with van der Waals surface area (Å²) in [5, 5.41) is 8.69. The van der Waals surface area contributed by atoms with Crippen molar-refractivity contribution >= 4 is 23.5 Å². The maximum absolute atomic E-state index is 12.5. The van der Waals surface area contributed by atoms with E-state index < -0.39 is 18.0 Å². The van der Waals surface area contributed by atoms with Crippen LogP contribution >= 0.6 is 11.6 Å². The van der Waals surface area contributed by atoms with Crippen LogP contribution in [0.2, 0.25) is 5.02 Å². The van der Waals surface area contributed by atoms with Crippen LogP contribution in [0.4, 0.5) is 0 Å². The number of carbonyl (C=O) groups excluding carboxylic acids is 2. The summed E-state index contributed by atoms with van der Waals surface area (Å²) in [7, 11) is 0. The lowest BCUT2D eigenvalue weighted by molar-refractivity contribution is -0.0135. The number of carbonyl (C=O) groups is 2. The fourth-order valence-corrected chi connectivity index (χ4v) is 2.72. The molecule has 3 aromatic rings. The smallest absolute Gasteiger partial charge is 0.341 e. The van der Waals surface area contributed by atoms with E-state index >= 15 is 0 Å². The molecule has 1 aromatic carbocycles. The van der Waals surface area contributed by atoms with Gasteiger partial charge in [-0.2, -0.15) is 10.2 Å². The van der Waals surface area contributed by atoms with Gasteiger partial charge in [-0.3, -0.25) is 9.36 Å². The molecular formula is C21H23ClN4O5. The molecule has 0 aliphatic heterocycles.